The number of rotatable bonds is 7. The lowest BCUT2D eigenvalue weighted by atomic mass is 10.2. The van der Waals surface area contributed by atoms with Gasteiger partial charge in [0.05, 0.1) is 0 Å². The Morgan fingerprint density at radius 2 is 2.11 bits per heavy atom. The molecule has 0 aliphatic carbocycles. The van der Waals surface area contributed by atoms with E-state index in [1.54, 1.807) is 0 Å². The van der Waals surface area contributed by atoms with Crippen molar-refractivity contribution in [1.29, 1.82) is 0 Å². The zero-order valence-corrected chi connectivity index (χ0v) is 11.8. The zero-order chi connectivity index (χ0) is 13.5. The highest BCUT2D eigenvalue weighted by atomic mass is 15.0. The van der Waals surface area contributed by atoms with Gasteiger partial charge in [-0.25, -0.2) is 0 Å². The molecule has 2 aromatic rings. The summed E-state index contributed by atoms with van der Waals surface area (Å²) >= 11 is 0. The van der Waals surface area contributed by atoms with Crippen molar-refractivity contribution < 1.29 is 0 Å². The van der Waals surface area contributed by atoms with E-state index >= 15 is 0 Å². The second-order valence-electron chi connectivity index (χ2n) is 5.29. The number of hydrogen-bond acceptors (Lipinski definition) is 2. The van der Waals surface area contributed by atoms with Crippen LogP contribution < -0.4 is 5.32 Å². The molecule has 3 nitrogen and oxygen atoms in total. The molecule has 0 amide bonds. The number of nitrogens with zero attached hydrogens (tertiary/aromatic N) is 2. The summed E-state index contributed by atoms with van der Waals surface area (Å²) in [5.74, 6) is 0.692. The third-order valence-electron chi connectivity index (χ3n) is 3.12. The fraction of sp³-hybridized carbons (Fsp3) is 0.438. The predicted octanol–water partition coefficient (Wildman–Crippen LogP) is 2.87. The monoisotopic (exact) mass is 257 g/mol. The Kier molecular flexibility index (Phi) is 5.16. The van der Waals surface area contributed by atoms with E-state index in [9.17, 15) is 0 Å². The maximum Gasteiger partial charge on any atom is 0.0421 e. The Labute approximate surface area is 115 Å². The minimum Gasteiger partial charge on any atom is -0.350 e. The van der Waals surface area contributed by atoms with Crippen molar-refractivity contribution in [2.24, 2.45) is 5.92 Å². The summed E-state index contributed by atoms with van der Waals surface area (Å²) in [4.78, 5) is 4.36. The van der Waals surface area contributed by atoms with E-state index in [4.69, 9.17) is 0 Å². The van der Waals surface area contributed by atoms with Gasteiger partial charge in [0.1, 0.15) is 0 Å². The molecule has 2 aromatic heterocycles. The summed E-state index contributed by atoms with van der Waals surface area (Å²) in [7, 11) is 0. The van der Waals surface area contributed by atoms with Crippen LogP contribution in [-0.2, 0) is 19.5 Å². The molecule has 0 fully saturated rings. The second-order valence-corrected chi connectivity index (χ2v) is 5.29. The van der Waals surface area contributed by atoms with Gasteiger partial charge in [-0.3, -0.25) is 4.98 Å². The summed E-state index contributed by atoms with van der Waals surface area (Å²) < 4.78 is 2.31. The highest BCUT2D eigenvalue weighted by Crippen LogP contribution is 2.05. The first-order valence-electron chi connectivity index (χ1n) is 7.00. The van der Waals surface area contributed by atoms with Crippen LogP contribution >= 0.6 is 0 Å². The van der Waals surface area contributed by atoms with Gasteiger partial charge >= 0.3 is 0 Å². The molecule has 1 N–H and O–H groups in total. The van der Waals surface area contributed by atoms with Crippen molar-refractivity contribution in [2.45, 2.75) is 33.4 Å². The maximum absolute atomic E-state index is 4.36. The van der Waals surface area contributed by atoms with E-state index in [0.29, 0.717) is 5.92 Å². The van der Waals surface area contributed by atoms with Gasteiger partial charge < -0.3 is 9.88 Å². The van der Waals surface area contributed by atoms with Crippen LogP contribution in [-0.4, -0.2) is 16.1 Å². The van der Waals surface area contributed by atoms with E-state index < -0.39 is 0 Å². The van der Waals surface area contributed by atoms with Crippen LogP contribution in [0.15, 0.2) is 42.7 Å². The first-order chi connectivity index (χ1) is 9.25. The van der Waals surface area contributed by atoms with Crippen LogP contribution in [0.3, 0.4) is 0 Å². The minimum absolute atomic E-state index is 0.692. The van der Waals surface area contributed by atoms with E-state index in [0.717, 1.165) is 31.7 Å². The molecule has 0 radical (unpaired) electrons. The number of nitrogens with one attached hydrogen (secondary N) is 1. The largest absolute Gasteiger partial charge is 0.350 e. The Hall–Kier alpha value is -1.61. The Morgan fingerprint density at radius 3 is 2.84 bits per heavy atom. The van der Waals surface area contributed by atoms with Crippen molar-refractivity contribution in [3.05, 3.63) is 54.1 Å². The van der Waals surface area contributed by atoms with Gasteiger partial charge in [0, 0.05) is 43.3 Å². The molecular weight excluding hydrogens is 234 g/mol. The SMILES string of the molecule is CC(C)CNCc1cccn1CCc1ccccn1. The van der Waals surface area contributed by atoms with Crippen LogP contribution in [0.5, 0.6) is 0 Å². The summed E-state index contributed by atoms with van der Waals surface area (Å²) in [5, 5.41) is 3.49. The second kappa shape index (κ2) is 7.10. The Balaban J connectivity index is 1.85. The molecule has 0 unspecified atom stereocenters. The standard InChI is InChI=1S/C16H23N3/c1-14(2)12-17-13-16-7-5-10-19(16)11-8-15-6-3-4-9-18-15/h3-7,9-10,14,17H,8,11-13H2,1-2H3. The number of aromatic nitrogens is 2. The van der Waals surface area contributed by atoms with Crippen LogP contribution in [0.2, 0.25) is 0 Å². The molecule has 0 aliphatic heterocycles. The molecule has 102 valence electrons. The maximum atomic E-state index is 4.36. The molecule has 0 atom stereocenters. The lowest BCUT2D eigenvalue weighted by Gasteiger charge is -2.11. The van der Waals surface area contributed by atoms with Crippen molar-refractivity contribution in [1.82, 2.24) is 14.9 Å². The van der Waals surface area contributed by atoms with E-state index in [1.165, 1.54) is 5.69 Å². The highest BCUT2D eigenvalue weighted by Gasteiger charge is 2.02. The lowest BCUT2D eigenvalue weighted by molar-refractivity contribution is 0.533. The Bertz CT molecular complexity index is 474. The quantitative estimate of drug-likeness (QED) is 0.826. The average Bonchev–Trinajstić information content (AvgIpc) is 2.85. The van der Waals surface area contributed by atoms with Gasteiger partial charge in [0.25, 0.3) is 0 Å². The van der Waals surface area contributed by atoms with Gasteiger partial charge in [0.15, 0.2) is 0 Å². The summed E-state index contributed by atoms with van der Waals surface area (Å²) in [6.45, 7) is 7.45. The molecule has 0 spiro atoms. The molecular formula is C16H23N3. The van der Waals surface area contributed by atoms with Crippen LogP contribution in [0, 0.1) is 5.92 Å². The predicted molar refractivity (Wildman–Crippen MR) is 78.9 cm³/mol. The zero-order valence-electron chi connectivity index (χ0n) is 11.8. The topological polar surface area (TPSA) is 29.9 Å². The molecule has 0 saturated carbocycles. The molecule has 0 saturated heterocycles. The average molecular weight is 257 g/mol. The van der Waals surface area contributed by atoms with Crippen LogP contribution in [0.1, 0.15) is 25.2 Å². The highest BCUT2D eigenvalue weighted by molar-refractivity contribution is 5.08. The molecule has 0 bridgehead atoms. The molecule has 0 aliphatic rings. The minimum atomic E-state index is 0.692. The summed E-state index contributed by atoms with van der Waals surface area (Å²) in [6.07, 6.45) is 4.98. The van der Waals surface area contributed by atoms with Crippen LogP contribution in [0.4, 0.5) is 0 Å². The Morgan fingerprint density at radius 1 is 1.21 bits per heavy atom. The molecule has 3 heteroatoms. The molecule has 19 heavy (non-hydrogen) atoms. The smallest absolute Gasteiger partial charge is 0.0421 e. The third kappa shape index (κ3) is 4.52. The van der Waals surface area contributed by atoms with Gasteiger partial charge in [-0.05, 0) is 36.7 Å². The van der Waals surface area contributed by atoms with Crippen molar-refractivity contribution >= 4 is 0 Å². The number of pyridine rings is 1. The van der Waals surface area contributed by atoms with E-state index in [-0.39, 0.29) is 0 Å². The number of aryl methyl sites for hydroxylation is 2. The van der Waals surface area contributed by atoms with Crippen LogP contribution in [0.25, 0.3) is 0 Å². The summed E-state index contributed by atoms with van der Waals surface area (Å²) in [6, 6.07) is 10.4. The van der Waals surface area contributed by atoms with Crippen molar-refractivity contribution in [3.63, 3.8) is 0 Å². The normalized spacial score (nSPS) is 11.1. The number of hydrogen-bond donors (Lipinski definition) is 1. The fourth-order valence-electron chi connectivity index (χ4n) is 2.10. The van der Waals surface area contributed by atoms with Gasteiger partial charge in [-0.15, -0.1) is 0 Å². The molecule has 0 aromatic carbocycles. The molecule has 2 rings (SSSR count). The third-order valence-corrected chi connectivity index (χ3v) is 3.12. The summed E-state index contributed by atoms with van der Waals surface area (Å²) in [5.41, 5.74) is 2.49. The fourth-order valence-corrected chi connectivity index (χ4v) is 2.10. The first kappa shape index (κ1) is 13.8. The van der Waals surface area contributed by atoms with Crippen molar-refractivity contribution in [3.8, 4) is 0 Å². The molecule has 2 heterocycles. The van der Waals surface area contributed by atoms with E-state index in [1.807, 2.05) is 18.3 Å². The van der Waals surface area contributed by atoms with Crippen molar-refractivity contribution in [2.75, 3.05) is 6.54 Å². The first-order valence-corrected chi connectivity index (χ1v) is 7.00. The van der Waals surface area contributed by atoms with Gasteiger partial charge in [0.2, 0.25) is 0 Å². The van der Waals surface area contributed by atoms with Gasteiger partial charge in [-0.2, -0.15) is 0 Å². The van der Waals surface area contributed by atoms with Gasteiger partial charge in [-0.1, -0.05) is 19.9 Å². The lowest BCUT2D eigenvalue weighted by Crippen LogP contribution is -2.21. The van der Waals surface area contributed by atoms with E-state index in [2.05, 4.69) is 53.1 Å².